The van der Waals surface area contributed by atoms with Crippen LogP contribution in [-0.4, -0.2) is 17.0 Å². The SMILES string of the molecule is CNc1nc(C2CCc3ccccc32)nc(C(C)C)c1I. The van der Waals surface area contributed by atoms with Crippen molar-refractivity contribution in [3.63, 3.8) is 0 Å². The molecule has 0 radical (unpaired) electrons. The topological polar surface area (TPSA) is 37.8 Å². The highest BCUT2D eigenvalue weighted by Crippen LogP contribution is 2.38. The average Bonchev–Trinajstić information content (AvgIpc) is 2.91. The third-order valence-electron chi connectivity index (χ3n) is 4.12. The van der Waals surface area contributed by atoms with Crippen LogP contribution in [0.25, 0.3) is 0 Å². The first-order valence-corrected chi connectivity index (χ1v) is 8.52. The minimum absolute atomic E-state index is 0.336. The van der Waals surface area contributed by atoms with Gasteiger partial charge in [-0.15, -0.1) is 0 Å². The van der Waals surface area contributed by atoms with Crippen molar-refractivity contribution in [2.45, 2.75) is 38.5 Å². The van der Waals surface area contributed by atoms with Crippen molar-refractivity contribution in [2.24, 2.45) is 0 Å². The fraction of sp³-hybridized carbons (Fsp3) is 0.412. The molecule has 1 aliphatic carbocycles. The fourth-order valence-corrected chi connectivity index (χ4v) is 4.15. The molecule has 4 heteroatoms. The highest BCUT2D eigenvalue weighted by atomic mass is 127. The molecule has 0 aliphatic heterocycles. The summed E-state index contributed by atoms with van der Waals surface area (Å²) >= 11 is 2.35. The van der Waals surface area contributed by atoms with E-state index < -0.39 is 0 Å². The Kier molecular flexibility index (Phi) is 4.15. The first-order chi connectivity index (χ1) is 10.1. The Morgan fingerprint density at radius 1 is 1.24 bits per heavy atom. The van der Waals surface area contributed by atoms with Gasteiger partial charge in [-0.05, 0) is 52.5 Å². The maximum atomic E-state index is 4.90. The summed E-state index contributed by atoms with van der Waals surface area (Å²) in [5.41, 5.74) is 3.99. The summed E-state index contributed by atoms with van der Waals surface area (Å²) in [4.78, 5) is 9.69. The number of nitrogens with zero attached hydrogens (tertiary/aromatic N) is 2. The van der Waals surface area contributed by atoms with Gasteiger partial charge >= 0.3 is 0 Å². The Bertz CT molecular complexity index is 667. The van der Waals surface area contributed by atoms with Gasteiger partial charge in [-0.25, -0.2) is 9.97 Å². The lowest BCUT2D eigenvalue weighted by molar-refractivity contribution is 0.701. The number of nitrogens with one attached hydrogen (secondary N) is 1. The van der Waals surface area contributed by atoms with Crippen molar-refractivity contribution in [3.05, 3.63) is 50.5 Å². The van der Waals surface area contributed by atoms with E-state index in [1.165, 1.54) is 11.1 Å². The van der Waals surface area contributed by atoms with E-state index in [-0.39, 0.29) is 0 Å². The maximum absolute atomic E-state index is 4.90. The van der Waals surface area contributed by atoms with Crippen molar-refractivity contribution >= 4 is 28.4 Å². The number of anilines is 1. The Morgan fingerprint density at radius 2 is 2.00 bits per heavy atom. The van der Waals surface area contributed by atoms with Crippen molar-refractivity contribution in [3.8, 4) is 0 Å². The van der Waals surface area contributed by atoms with Gasteiger partial charge in [-0.1, -0.05) is 38.1 Å². The number of halogens is 1. The van der Waals surface area contributed by atoms with Crippen molar-refractivity contribution in [1.82, 2.24) is 9.97 Å². The predicted octanol–water partition coefficient (Wildman–Crippen LogP) is 4.32. The van der Waals surface area contributed by atoms with Crippen LogP contribution in [0.2, 0.25) is 0 Å². The number of fused-ring (bicyclic) bond motifs is 1. The van der Waals surface area contributed by atoms with E-state index >= 15 is 0 Å². The summed E-state index contributed by atoms with van der Waals surface area (Å²) < 4.78 is 1.14. The van der Waals surface area contributed by atoms with Crippen LogP contribution in [0.1, 0.15) is 54.7 Å². The molecule has 0 spiro atoms. The monoisotopic (exact) mass is 393 g/mol. The third-order valence-corrected chi connectivity index (χ3v) is 5.19. The van der Waals surface area contributed by atoms with E-state index in [2.05, 4.69) is 66.0 Å². The summed E-state index contributed by atoms with van der Waals surface area (Å²) in [5, 5.41) is 3.22. The number of rotatable bonds is 3. The largest absolute Gasteiger partial charge is 0.372 e. The van der Waals surface area contributed by atoms with Gasteiger partial charge in [0.25, 0.3) is 0 Å². The summed E-state index contributed by atoms with van der Waals surface area (Å²) in [6.07, 6.45) is 2.24. The molecule has 3 nitrogen and oxygen atoms in total. The molecule has 1 heterocycles. The molecule has 1 N–H and O–H groups in total. The number of aromatic nitrogens is 2. The van der Waals surface area contributed by atoms with Crippen molar-refractivity contribution in [2.75, 3.05) is 12.4 Å². The third kappa shape index (κ3) is 2.65. The van der Waals surface area contributed by atoms with Crippen LogP contribution in [0.15, 0.2) is 24.3 Å². The summed E-state index contributed by atoms with van der Waals surface area (Å²) in [6.45, 7) is 4.38. The van der Waals surface area contributed by atoms with Crippen molar-refractivity contribution in [1.29, 1.82) is 0 Å². The molecule has 2 aromatic rings. The molecule has 0 saturated carbocycles. The zero-order chi connectivity index (χ0) is 15.0. The Labute approximate surface area is 139 Å². The van der Waals surface area contributed by atoms with Gasteiger partial charge in [0.05, 0.1) is 9.26 Å². The summed E-state index contributed by atoms with van der Waals surface area (Å²) in [7, 11) is 1.93. The van der Waals surface area contributed by atoms with Crippen LogP contribution < -0.4 is 5.32 Å². The second kappa shape index (κ2) is 5.91. The zero-order valence-electron chi connectivity index (χ0n) is 12.7. The van der Waals surface area contributed by atoms with E-state index in [1.807, 2.05) is 7.05 Å². The van der Waals surface area contributed by atoms with Gasteiger partial charge in [0, 0.05) is 13.0 Å². The summed E-state index contributed by atoms with van der Waals surface area (Å²) in [5.74, 6) is 2.66. The molecule has 1 atom stereocenters. The normalized spacial score (nSPS) is 17.1. The molecular weight excluding hydrogens is 373 g/mol. The Morgan fingerprint density at radius 3 is 2.71 bits per heavy atom. The molecule has 0 bridgehead atoms. The minimum atomic E-state index is 0.336. The lowest BCUT2D eigenvalue weighted by Gasteiger charge is -2.17. The van der Waals surface area contributed by atoms with Crippen LogP contribution in [0.5, 0.6) is 0 Å². The molecule has 21 heavy (non-hydrogen) atoms. The number of benzene rings is 1. The zero-order valence-corrected chi connectivity index (χ0v) is 14.8. The Hall–Kier alpha value is -1.17. The van der Waals surface area contributed by atoms with Crippen LogP contribution in [0, 0.1) is 3.57 Å². The number of aryl methyl sites for hydroxylation is 1. The minimum Gasteiger partial charge on any atom is -0.372 e. The molecule has 0 saturated heterocycles. The lowest BCUT2D eigenvalue weighted by Crippen LogP contribution is -2.11. The predicted molar refractivity (Wildman–Crippen MR) is 95.0 cm³/mol. The molecule has 1 aromatic heterocycles. The Balaban J connectivity index is 2.10. The highest BCUT2D eigenvalue weighted by Gasteiger charge is 2.27. The highest BCUT2D eigenvalue weighted by molar-refractivity contribution is 14.1. The van der Waals surface area contributed by atoms with Crippen molar-refractivity contribution < 1.29 is 0 Å². The fourth-order valence-electron chi connectivity index (χ4n) is 3.01. The first-order valence-electron chi connectivity index (χ1n) is 7.44. The quantitative estimate of drug-likeness (QED) is 0.790. The second-order valence-corrected chi connectivity index (χ2v) is 6.90. The van der Waals surface area contributed by atoms with E-state index in [1.54, 1.807) is 0 Å². The van der Waals surface area contributed by atoms with E-state index in [0.717, 1.165) is 33.7 Å². The van der Waals surface area contributed by atoms with E-state index in [4.69, 9.17) is 9.97 Å². The number of hydrogen-bond acceptors (Lipinski definition) is 3. The van der Waals surface area contributed by atoms with Gasteiger partial charge < -0.3 is 5.32 Å². The smallest absolute Gasteiger partial charge is 0.143 e. The van der Waals surface area contributed by atoms with Crippen LogP contribution in [0.4, 0.5) is 5.82 Å². The molecule has 1 aliphatic rings. The van der Waals surface area contributed by atoms with Gasteiger partial charge in [0.1, 0.15) is 11.6 Å². The summed E-state index contributed by atoms with van der Waals surface area (Å²) in [6, 6.07) is 8.69. The van der Waals surface area contributed by atoms with Gasteiger partial charge in [-0.2, -0.15) is 0 Å². The molecule has 110 valence electrons. The molecule has 3 rings (SSSR count). The first kappa shape index (κ1) is 14.8. The van der Waals surface area contributed by atoms with E-state index in [9.17, 15) is 0 Å². The van der Waals surface area contributed by atoms with Crippen LogP contribution in [0.3, 0.4) is 0 Å². The van der Waals surface area contributed by atoms with Crippen LogP contribution >= 0.6 is 22.6 Å². The van der Waals surface area contributed by atoms with E-state index in [0.29, 0.717) is 11.8 Å². The molecule has 1 unspecified atom stereocenters. The van der Waals surface area contributed by atoms with Gasteiger partial charge in [0.2, 0.25) is 0 Å². The molecule has 0 fully saturated rings. The van der Waals surface area contributed by atoms with Gasteiger partial charge in [0.15, 0.2) is 0 Å². The average molecular weight is 393 g/mol. The number of hydrogen-bond donors (Lipinski definition) is 1. The lowest BCUT2D eigenvalue weighted by atomic mass is 10.00. The second-order valence-electron chi connectivity index (χ2n) is 5.82. The standard InChI is InChI=1S/C17H20IN3/c1-10(2)15-14(18)17(19-3)21-16(20-15)13-9-8-11-6-4-5-7-12(11)13/h4-7,10,13H,8-9H2,1-3H3,(H,19,20,21). The maximum Gasteiger partial charge on any atom is 0.143 e. The van der Waals surface area contributed by atoms with Gasteiger partial charge in [-0.3, -0.25) is 0 Å². The van der Waals surface area contributed by atoms with Crippen LogP contribution in [-0.2, 0) is 6.42 Å². The molecular formula is C17H20IN3. The molecule has 0 amide bonds. The molecule has 1 aromatic carbocycles.